The fourth-order valence-electron chi connectivity index (χ4n) is 1.75. The van der Waals surface area contributed by atoms with Gasteiger partial charge in [0.05, 0.1) is 5.54 Å². The van der Waals surface area contributed by atoms with Gasteiger partial charge in [-0.15, -0.1) is 0 Å². The molecule has 0 aliphatic heterocycles. The number of rotatable bonds is 3. The van der Waals surface area contributed by atoms with Gasteiger partial charge >= 0.3 is 0 Å². The number of nitrogens with one attached hydrogen (secondary N) is 1. The van der Waals surface area contributed by atoms with Crippen molar-refractivity contribution in [3.63, 3.8) is 0 Å². The molecule has 1 saturated carbocycles. The molecule has 1 atom stereocenters. The van der Waals surface area contributed by atoms with E-state index in [9.17, 15) is 4.79 Å². The molecule has 1 amide bonds. The lowest BCUT2D eigenvalue weighted by molar-refractivity contribution is -0.127. The monoisotopic (exact) mass is 198 g/mol. The zero-order chi connectivity index (χ0) is 10.8. The molecule has 0 heterocycles. The maximum Gasteiger partial charge on any atom is 0.240 e. The van der Waals surface area contributed by atoms with Crippen molar-refractivity contribution in [2.24, 2.45) is 11.7 Å². The zero-order valence-electron chi connectivity index (χ0n) is 9.47. The summed E-state index contributed by atoms with van der Waals surface area (Å²) in [6, 6.07) is 0.212. The summed E-state index contributed by atoms with van der Waals surface area (Å²) in [5.41, 5.74) is 5.46. The molecule has 1 unspecified atom stereocenters. The third-order valence-corrected chi connectivity index (χ3v) is 3.31. The summed E-state index contributed by atoms with van der Waals surface area (Å²) < 4.78 is 0. The Morgan fingerprint density at radius 1 is 1.29 bits per heavy atom. The normalized spacial score (nSPS) is 22.4. The second kappa shape index (κ2) is 4.30. The second-order valence-corrected chi connectivity index (χ2v) is 4.87. The van der Waals surface area contributed by atoms with Crippen LogP contribution in [0.3, 0.4) is 0 Å². The molecular weight excluding hydrogens is 176 g/mol. The van der Waals surface area contributed by atoms with E-state index in [-0.39, 0.29) is 11.9 Å². The molecule has 82 valence electrons. The number of nitrogens with two attached hydrogens (primary N) is 1. The largest absolute Gasteiger partial charge is 0.352 e. The van der Waals surface area contributed by atoms with E-state index >= 15 is 0 Å². The number of hydrogen-bond donors (Lipinski definition) is 2. The Morgan fingerprint density at radius 2 is 1.79 bits per heavy atom. The first-order chi connectivity index (χ1) is 6.46. The third kappa shape index (κ3) is 2.47. The van der Waals surface area contributed by atoms with Crippen LogP contribution in [0, 0.1) is 5.92 Å². The SMILES string of the molecule is CC(C)C(C)NC(=O)C1(N)CCCC1. The lowest BCUT2D eigenvalue weighted by atomic mass is 9.96. The summed E-state index contributed by atoms with van der Waals surface area (Å²) in [5.74, 6) is 0.500. The van der Waals surface area contributed by atoms with Crippen LogP contribution in [0.5, 0.6) is 0 Å². The van der Waals surface area contributed by atoms with Crippen molar-refractivity contribution in [1.82, 2.24) is 5.32 Å². The first-order valence-electron chi connectivity index (χ1n) is 5.55. The predicted octanol–water partition coefficient (Wildman–Crippen LogP) is 1.42. The van der Waals surface area contributed by atoms with Crippen molar-refractivity contribution in [1.29, 1.82) is 0 Å². The first kappa shape index (κ1) is 11.5. The molecule has 0 bridgehead atoms. The minimum atomic E-state index is -0.580. The summed E-state index contributed by atoms with van der Waals surface area (Å²) in [6.45, 7) is 6.23. The molecule has 3 heteroatoms. The number of carbonyl (C=O) groups excluding carboxylic acids is 1. The van der Waals surface area contributed by atoms with E-state index in [1.807, 2.05) is 6.92 Å². The van der Waals surface area contributed by atoms with E-state index in [2.05, 4.69) is 19.2 Å². The Balaban J connectivity index is 2.49. The van der Waals surface area contributed by atoms with Gasteiger partial charge in [-0.1, -0.05) is 26.7 Å². The highest BCUT2D eigenvalue weighted by Gasteiger charge is 2.37. The van der Waals surface area contributed by atoms with E-state index in [1.54, 1.807) is 0 Å². The van der Waals surface area contributed by atoms with Crippen molar-refractivity contribution < 1.29 is 4.79 Å². The highest BCUT2D eigenvalue weighted by molar-refractivity contribution is 5.86. The molecule has 0 aromatic heterocycles. The molecule has 0 spiro atoms. The van der Waals surface area contributed by atoms with Crippen LogP contribution < -0.4 is 11.1 Å². The Morgan fingerprint density at radius 3 is 2.21 bits per heavy atom. The Labute approximate surface area is 86.4 Å². The van der Waals surface area contributed by atoms with Crippen molar-refractivity contribution >= 4 is 5.91 Å². The van der Waals surface area contributed by atoms with Gasteiger partial charge in [-0.3, -0.25) is 4.79 Å². The first-order valence-corrected chi connectivity index (χ1v) is 5.55. The van der Waals surface area contributed by atoms with Gasteiger partial charge in [-0.2, -0.15) is 0 Å². The van der Waals surface area contributed by atoms with Crippen LogP contribution in [0.15, 0.2) is 0 Å². The minimum Gasteiger partial charge on any atom is -0.352 e. The molecule has 0 radical (unpaired) electrons. The average molecular weight is 198 g/mol. The van der Waals surface area contributed by atoms with Crippen LogP contribution in [0.25, 0.3) is 0 Å². The third-order valence-electron chi connectivity index (χ3n) is 3.31. The van der Waals surface area contributed by atoms with Gasteiger partial charge in [-0.05, 0) is 25.7 Å². The molecule has 0 aromatic carbocycles. The van der Waals surface area contributed by atoms with Crippen molar-refractivity contribution in [2.75, 3.05) is 0 Å². The summed E-state index contributed by atoms with van der Waals surface area (Å²) in [6.07, 6.45) is 3.84. The molecule has 1 fully saturated rings. The molecule has 14 heavy (non-hydrogen) atoms. The molecule has 0 aromatic rings. The van der Waals surface area contributed by atoms with Crippen LogP contribution in [-0.2, 0) is 4.79 Å². The quantitative estimate of drug-likeness (QED) is 0.720. The van der Waals surface area contributed by atoms with Gasteiger partial charge in [0.2, 0.25) is 5.91 Å². The van der Waals surface area contributed by atoms with E-state index in [0.29, 0.717) is 5.92 Å². The smallest absolute Gasteiger partial charge is 0.240 e. The average Bonchev–Trinajstić information content (AvgIpc) is 2.53. The summed E-state index contributed by atoms with van der Waals surface area (Å²) >= 11 is 0. The number of amides is 1. The second-order valence-electron chi connectivity index (χ2n) is 4.87. The fourth-order valence-corrected chi connectivity index (χ4v) is 1.75. The van der Waals surface area contributed by atoms with Crippen LogP contribution in [0.2, 0.25) is 0 Å². The molecular formula is C11H22N2O. The van der Waals surface area contributed by atoms with E-state index in [1.165, 1.54) is 0 Å². The Bertz CT molecular complexity index is 207. The summed E-state index contributed by atoms with van der Waals surface area (Å²) in [5, 5.41) is 3.00. The van der Waals surface area contributed by atoms with Crippen molar-refractivity contribution in [3.05, 3.63) is 0 Å². The lowest BCUT2D eigenvalue weighted by Crippen LogP contribution is -2.54. The van der Waals surface area contributed by atoms with Gasteiger partial charge < -0.3 is 11.1 Å². The maximum absolute atomic E-state index is 11.8. The van der Waals surface area contributed by atoms with Crippen molar-refractivity contribution in [2.45, 2.75) is 58.0 Å². The fraction of sp³-hybridized carbons (Fsp3) is 0.909. The maximum atomic E-state index is 11.8. The van der Waals surface area contributed by atoms with Gasteiger partial charge in [0.15, 0.2) is 0 Å². The standard InChI is InChI=1S/C11H22N2O/c1-8(2)9(3)13-10(14)11(12)6-4-5-7-11/h8-9H,4-7,12H2,1-3H3,(H,13,14). The van der Waals surface area contributed by atoms with Crippen molar-refractivity contribution in [3.8, 4) is 0 Å². The van der Waals surface area contributed by atoms with E-state index in [4.69, 9.17) is 5.73 Å². The highest BCUT2D eigenvalue weighted by atomic mass is 16.2. The predicted molar refractivity (Wildman–Crippen MR) is 57.8 cm³/mol. The van der Waals surface area contributed by atoms with Gasteiger partial charge in [-0.25, -0.2) is 0 Å². The van der Waals surface area contributed by atoms with Crippen LogP contribution in [0.1, 0.15) is 46.5 Å². The number of carbonyl (C=O) groups is 1. The Kier molecular flexibility index (Phi) is 3.53. The van der Waals surface area contributed by atoms with E-state index in [0.717, 1.165) is 25.7 Å². The van der Waals surface area contributed by atoms with Crippen LogP contribution in [0.4, 0.5) is 0 Å². The molecule has 1 rings (SSSR count). The summed E-state index contributed by atoms with van der Waals surface area (Å²) in [7, 11) is 0. The highest BCUT2D eigenvalue weighted by Crippen LogP contribution is 2.27. The van der Waals surface area contributed by atoms with Gasteiger partial charge in [0, 0.05) is 6.04 Å². The molecule has 0 saturated heterocycles. The minimum absolute atomic E-state index is 0.0381. The molecule has 1 aliphatic carbocycles. The molecule has 1 aliphatic rings. The summed E-state index contributed by atoms with van der Waals surface area (Å²) in [4.78, 5) is 11.8. The topological polar surface area (TPSA) is 55.1 Å². The van der Waals surface area contributed by atoms with Crippen LogP contribution >= 0.6 is 0 Å². The zero-order valence-corrected chi connectivity index (χ0v) is 9.47. The van der Waals surface area contributed by atoms with Gasteiger partial charge in [0.1, 0.15) is 0 Å². The number of hydrogen-bond acceptors (Lipinski definition) is 2. The lowest BCUT2D eigenvalue weighted by Gasteiger charge is -2.26. The van der Waals surface area contributed by atoms with E-state index < -0.39 is 5.54 Å². The molecule has 3 nitrogen and oxygen atoms in total. The Hall–Kier alpha value is -0.570. The van der Waals surface area contributed by atoms with Crippen LogP contribution in [-0.4, -0.2) is 17.5 Å². The molecule has 3 N–H and O–H groups in total. The van der Waals surface area contributed by atoms with Gasteiger partial charge in [0.25, 0.3) is 0 Å².